The summed E-state index contributed by atoms with van der Waals surface area (Å²) in [6.45, 7) is 4.72. The highest BCUT2D eigenvalue weighted by atomic mass is 35.5. The van der Waals surface area contributed by atoms with Gasteiger partial charge in [0.05, 0.1) is 32.6 Å². The Labute approximate surface area is 189 Å². The Kier molecular flexibility index (Phi) is 8.26. The first-order chi connectivity index (χ1) is 15.0. The van der Waals surface area contributed by atoms with Crippen molar-refractivity contribution in [3.05, 3.63) is 53.1 Å². The highest BCUT2D eigenvalue weighted by Gasteiger charge is 2.25. The number of rotatable bonds is 8. The van der Waals surface area contributed by atoms with Crippen LogP contribution in [0.1, 0.15) is 25.0 Å². The topological polar surface area (TPSA) is 78.4 Å². The van der Waals surface area contributed by atoms with Crippen molar-refractivity contribution in [3.8, 4) is 11.5 Å². The second kappa shape index (κ2) is 11.1. The van der Waals surface area contributed by atoms with E-state index in [1.807, 2.05) is 49.4 Å². The number of ether oxygens (including phenoxy) is 2. The average molecular weight is 447 g/mol. The molecule has 0 aromatic heterocycles. The van der Waals surface area contributed by atoms with Crippen LogP contribution in [0.5, 0.6) is 11.5 Å². The van der Waals surface area contributed by atoms with Crippen molar-refractivity contribution in [2.75, 3.05) is 45.3 Å². The molecule has 0 bridgehead atoms. The minimum absolute atomic E-state index is 0.222. The molecule has 1 saturated heterocycles. The summed E-state index contributed by atoms with van der Waals surface area (Å²) in [7, 11) is 3.29. The van der Waals surface area contributed by atoms with E-state index >= 15 is 0 Å². The maximum atomic E-state index is 10.5. The van der Waals surface area contributed by atoms with Crippen LogP contribution in [0.3, 0.4) is 0 Å². The molecule has 1 heterocycles. The highest BCUT2D eigenvalue weighted by Crippen LogP contribution is 2.33. The van der Waals surface area contributed by atoms with Crippen molar-refractivity contribution in [2.24, 2.45) is 4.99 Å². The number of aliphatic imine (C=N–C) groups is 1. The van der Waals surface area contributed by atoms with Crippen molar-refractivity contribution in [2.45, 2.75) is 25.5 Å². The van der Waals surface area contributed by atoms with Gasteiger partial charge in [-0.05, 0) is 49.2 Å². The Morgan fingerprint density at radius 3 is 2.68 bits per heavy atom. The third kappa shape index (κ3) is 6.18. The van der Waals surface area contributed by atoms with Gasteiger partial charge in [-0.25, -0.2) is 0 Å². The normalized spacial score (nSPS) is 17.4. The molecule has 0 amide bonds. The van der Waals surface area contributed by atoms with Crippen LogP contribution in [0.15, 0.2) is 47.5 Å². The summed E-state index contributed by atoms with van der Waals surface area (Å²) in [5, 5.41) is 17.9. The average Bonchev–Trinajstić information content (AvgIpc) is 3.25. The van der Waals surface area contributed by atoms with Gasteiger partial charge in [0.25, 0.3) is 0 Å². The number of aliphatic hydroxyl groups is 1. The second-order valence-corrected chi connectivity index (χ2v) is 7.84. The Morgan fingerprint density at radius 2 is 2.00 bits per heavy atom. The summed E-state index contributed by atoms with van der Waals surface area (Å²) in [5.74, 6) is 2.27. The summed E-state index contributed by atoms with van der Waals surface area (Å²) in [5.41, 5.74) is 1.80. The smallest absolute Gasteiger partial charge is 0.191 e. The Bertz CT molecular complexity index is 876. The van der Waals surface area contributed by atoms with Crippen LogP contribution in [-0.4, -0.2) is 57.5 Å². The summed E-state index contributed by atoms with van der Waals surface area (Å²) >= 11 is 6.19. The Hall–Kier alpha value is -2.64. The second-order valence-electron chi connectivity index (χ2n) is 7.40. The largest absolute Gasteiger partial charge is 0.497 e. The molecule has 7 nitrogen and oxygen atoms in total. The molecule has 1 fully saturated rings. The number of hydrogen-bond donors (Lipinski definition) is 3. The lowest BCUT2D eigenvalue weighted by Crippen LogP contribution is -2.44. The molecule has 3 rings (SSSR count). The maximum absolute atomic E-state index is 10.5. The first kappa shape index (κ1) is 23.0. The number of guanidine groups is 1. The third-order valence-corrected chi connectivity index (χ3v) is 5.51. The number of anilines is 1. The molecule has 168 valence electrons. The van der Waals surface area contributed by atoms with Gasteiger partial charge < -0.3 is 30.1 Å². The number of aliphatic hydroxyl groups excluding tert-OH is 1. The molecule has 1 aliphatic rings. The van der Waals surface area contributed by atoms with Gasteiger partial charge in [-0.2, -0.15) is 0 Å². The molecule has 0 saturated carbocycles. The van der Waals surface area contributed by atoms with Gasteiger partial charge in [0.15, 0.2) is 5.96 Å². The molecule has 3 N–H and O–H groups in total. The zero-order chi connectivity index (χ0) is 22.2. The fraction of sp³-hybridized carbons (Fsp3) is 0.435. The fourth-order valence-electron chi connectivity index (χ4n) is 3.63. The molecule has 0 radical (unpaired) electrons. The van der Waals surface area contributed by atoms with Crippen molar-refractivity contribution in [3.63, 3.8) is 0 Å². The monoisotopic (exact) mass is 446 g/mol. The summed E-state index contributed by atoms with van der Waals surface area (Å²) in [4.78, 5) is 6.85. The summed E-state index contributed by atoms with van der Waals surface area (Å²) in [6.07, 6.45) is 0.276. The molecule has 8 heteroatoms. The van der Waals surface area contributed by atoms with Crippen LogP contribution in [0.4, 0.5) is 5.69 Å². The van der Waals surface area contributed by atoms with Gasteiger partial charge in [-0.3, -0.25) is 4.99 Å². The number of halogens is 1. The van der Waals surface area contributed by atoms with Crippen LogP contribution in [0.2, 0.25) is 5.02 Å². The number of nitrogens with zero attached hydrogens (tertiary/aromatic N) is 2. The zero-order valence-electron chi connectivity index (χ0n) is 18.3. The molecule has 0 aliphatic carbocycles. The number of nitrogens with one attached hydrogen (secondary N) is 2. The van der Waals surface area contributed by atoms with Crippen molar-refractivity contribution < 1.29 is 14.6 Å². The molecule has 0 spiro atoms. The predicted octanol–water partition coefficient (Wildman–Crippen LogP) is 3.22. The van der Waals surface area contributed by atoms with E-state index in [0.717, 1.165) is 48.8 Å². The van der Waals surface area contributed by atoms with Gasteiger partial charge in [0, 0.05) is 30.7 Å². The standard InChI is InChI=1S/C23H31ClN4O3/c1-4-25-23(26-14-21(29)16-5-8-19(30-2)9-6-16)27-18-11-12-28(15-18)20-13-17(24)7-10-22(20)31-3/h5-10,13,18,21,29H,4,11-12,14-15H2,1-3H3,(H2,25,26,27). The first-order valence-electron chi connectivity index (χ1n) is 10.5. The quantitative estimate of drug-likeness (QED) is 0.427. The lowest BCUT2D eigenvalue weighted by atomic mass is 10.1. The minimum atomic E-state index is -0.683. The van der Waals surface area contributed by atoms with Gasteiger partial charge >= 0.3 is 0 Å². The van der Waals surface area contributed by atoms with E-state index in [-0.39, 0.29) is 12.6 Å². The predicted molar refractivity (Wildman–Crippen MR) is 126 cm³/mol. The number of methoxy groups -OCH3 is 2. The van der Waals surface area contributed by atoms with E-state index in [2.05, 4.69) is 20.5 Å². The van der Waals surface area contributed by atoms with E-state index in [9.17, 15) is 5.11 Å². The van der Waals surface area contributed by atoms with E-state index < -0.39 is 6.10 Å². The highest BCUT2D eigenvalue weighted by molar-refractivity contribution is 6.30. The van der Waals surface area contributed by atoms with E-state index in [0.29, 0.717) is 11.0 Å². The van der Waals surface area contributed by atoms with Crippen LogP contribution in [0.25, 0.3) is 0 Å². The number of benzene rings is 2. The molecule has 2 aromatic rings. The molecule has 2 aromatic carbocycles. The van der Waals surface area contributed by atoms with Crippen LogP contribution in [0, 0.1) is 0 Å². The fourth-order valence-corrected chi connectivity index (χ4v) is 3.80. The molecule has 2 unspecified atom stereocenters. The minimum Gasteiger partial charge on any atom is -0.497 e. The lowest BCUT2D eigenvalue weighted by molar-refractivity contribution is 0.187. The van der Waals surface area contributed by atoms with Crippen LogP contribution >= 0.6 is 11.6 Å². The third-order valence-electron chi connectivity index (χ3n) is 5.28. The Morgan fingerprint density at radius 1 is 1.23 bits per heavy atom. The van der Waals surface area contributed by atoms with E-state index in [1.165, 1.54) is 0 Å². The molecular weight excluding hydrogens is 416 g/mol. The van der Waals surface area contributed by atoms with Crippen molar-refractivity contribution in [1.82, 2.24) is 10.6 Å². The summed E-state index contributed by atoms with van der Waals surface area (Å²) in [6, 6.07) is 13.3. The zero-order valence-corrected chi connectivity index (χ0v) is 19.0. The van der Waals surface area contributed by atoms with Gasteiger partial charge in [0.1, 0.15) is 11.5 Å². The molecule has 31 heavy (non-hydrogen) atoms. The summed E-state index contributed by atoms with van der Waals surface area (Å²) < 4.78 is 10.7. The van der Waals surface area contributed by atoms with Gasteiger partial charge in [-0.15, -0.1) is 0 Å². The molecule has 1 aliphatic heterocycles. The van der Waals surface area contributed by atoms with Crippen LogP contribution in [-0.2, 0) is 0 Å². The van der Waals surface area contributed by atoms with Gasteiger partial charge in [0.2, 0.25) is 0 Å². The van der Waals surface area contributed by atoms with Gasteiger partial charge in [-0.1, -0.05) is 23.7 Å². The van der Waals surface area contributed by atoms with Crippen molar-refractivity contribution in [1.29, 1.82) is 0 Å². The Balaban J connectivity index is 1.61. The SMILES string of the molecule is CCNC(=NCC(O)c1ccc(OC)cc1)NC1CCN(c2cc(Cl)ccc2OC)C1. The first-order valence-corrected chi connectivity index (χ1v) is 10.9. The van der Waals surface area contributed by atoms with E-state index in [4.69, 9.17) is 21.1 Å². The molecular formula is C23H31ClN4O3. The van der Waals surface area contributed by atoms with Crippen molar-refractivity contribution >= 4 is 23.2 Å². The maximum Gasteiger partial charge on any atom is 0.191 e. The molecule has 2 atom stereocenters. The number of hydrogen-bond acceptors (Lipinski definition) is 5. The van der Waals surface area contributed by atoms with E-state index in [1.54, 1.807) is 14.2 Å². The van der Waals surface area contributed by atoms with Crippen LogP contribution < -0.4 is 25.0 Å². The lowest BCUT2D eigenvalue weighted by Gasteiger charge is -2.22.